The third kappa shape index (κ3) is 2.83. The van der Waals surface area contributed by atoms with E-state index >= 15 is 0 Å². The molecule has 2 heteroatoms. The van der Waals surface area contributed by atoms with Crippen LogP contribution in [-0.4, -0.2) is 24.5 Å². The standard InChI is InChI=1S/C14H22N2/c1-12-10-13(6-7-15)4-5-14(12)11-16-8-2-3-9-16/h4-5,10H,2-3,6-9,11,15H2,1H3. The first-order chi connectivity index (χ1) is 7.79. The average Bonchev–Trinajstić information content (AvgIpc) is 2.75. The summed E-state index contributed by atoms with van der Waals surface area (Å²) in [7, 11) is 0. The van der Waals surface area contributed by atoms with Crippen molar-refractivity contribution in [2.45, 2.75) is 32.7 Å². The van der Waals surface area contributed by atoms with Gasteiger partial charge in [-0.3, -0.25) is 4.90 Å². The van der Waals surface area contributed by atoms with Gasteiger partial charge in [-0.05, 0) is 62.5 Å². The van der Waals surface area contributed by atoms with Gasteiger partial charge in [0.1, 0.15) is 0 Å². The van der Waals surface area contributed by atoms with E-state index in [0.717, 1.165) is 19.5 Å². The van der Waals surface area contributed by atoms with Gasteiger partial charge in [0.15, 0.2) is 0 Å². The van der Waals surface area contributed by atoms with Crippen LogP contribution in [0.2, 0.25) is 0 Å². The van der Waals surface area contributed by atoms with Crippen molar-refractivity contribution in [1.29, 1.82) is 0 Å². The second kappa shape index (κ2) is 5.46. The zero-order chi connectivity index (χ0) is 11.4. The summed E-state index contributed by atoms with van der Waals surface area (Å²) in [5.74, 6) is 0. The summed E-state index contributed by atoms with van der Waals surface area (Å²) in [5.41, 5.74) is 9.83. The summed E-state index contributed by atoms with van der Waals surface area (Å²) in [6, 6.07) is 6.79. The molecule has 1 aromatic rings. The number of hydrogen-bond donors (Lipinski definition) is 1. The summed E-state index contributed by atoms with van der Waals surface area (Å²) < 4.78 is 0. The van der Waals surface area contributed by atoms with Crippen LogP contribution in [0.4, 0.5) is 0 Å². The van der Waals surface area contributed by atoms with Gasteiger partial charge in [-0.25, -0.2) is 0 Å². The predicted molar refractivity (Wildman–Crippen MR) is 68.4 cm³/mol. The van der Waals surface area contributed by atoms with E-state index in [1.54, 1.807) is 0 Å². The van der Waals surface area contributed by atoms with Crippen LogP contribution >= 0.6 is 0 Å². The summed E-state index contributed by atoms with van der Waals surface area (Å²) in [6.07, 6.45) is 3.72. The van der Waals surface area contributed by atoms with Crippen LogP contribution in [0, 0.1) is 6.92 Å². The lowest BCUT2D eigenvalue weighted by Crippen LogP contribution is -2.19. The number of benzene rings is 1. The maximum absolute atomic E-state index is 5.57. The van der Waals surface area contributed by atoms with E-state index in [2.05, 4.69) is 30.0 Å². The Morgan fingerprint density at radius 1 is 1.25 bits per heavy atom. The first kappa shape index (κ1) is 11.6. The predicted octanol–water partition coefficient (Wildman–Crippen LogP) is 2.09. The Morgan fingerprint density at radius 3 is 2.62 bits per heavy atom. The maximum Gasteiger partial charge on any atom is 0.0236 e. The van der Waals surface area contributed by atoms with Gasteiger partial charge in [-0.2, -0.15) is 0 Å². The van der Waals surface area contributed by atoms with Gasteiger partial charge in [0, 0.05) is 6.54 Å². The molecule has 0 radical (unpaired) electrons. The largest absolute Gasteiger partial charge is 0.330 e. The normalized spacial score (nSPS) is 16.9. The van der Waals surface area contributed by atoms with E-state index in [0.29, 0.717) is 0 Å². The first-order valence-electron chi connectivity index (χ1n) is 6.30. The maximum atomic E-state index is 5.57. The monoisotopic (exact) mass is 218 g/mol. The van der Waals surface area contributed by atoms with Crippen molar-refractivity contribution < 1.29 is 0 Å². The lowest BCUT2D eigenvalue weighted by molar-refractivity contribution is 0.330. The Morgan fingerprint density at radius 2 is 2.00 bits per heavy atom. The molecule has 1 heterocycles. The Balaban J connectivity index is 2.03. The number of nitrogens with zero attached hydrogens (tertiary/aromatic N) is 1. The molecule has 0 atom stereocenters. The molecule has 16 heavy (non-hydrogen) atoms. The van der Waals surface area contributed by atoms with Gasteiger partial charge >= 0.3 is 0 Å². The third-order valence-electron chi connectivity index (χ3n) is 3.43. The molecule has 2 nitrogen and oxygen atoms in total. The molecule has 2 N–H and O–H groups in total. The number of rotatable bonds is 4. The van der Waals surface area contributed by atoms with E-state index in [9.17, 15) is 0 Å². The third-order valence-corrected chi connectivity index (χ3v) is 3.43. The molecule has 0 bridgehead atoms. The van der Waals surface area contributed by atoms with Crippen molar-refractivity contribution in [3.8, 4) is 0 Å². The van der Waals surface area contributed by atoms with Crippen LogP contribution in [0.3, 0.4) is 0 Å². The Kier molecular flexibility index (Phi) is 3.97. The lowest BCUT2D eigenvalue weighted by atomic mass is 10.0. The molecule has 0 spiro atoms. The van der Waals surface area contributed by atoms with E-state index in [-0.39, 0.29) is 0 Å². The quantitative estimate of drug-likeness (QED) is 0.838. The smallest absolute Gasteiger partial charge is 0.0236 e. The highest BCUT2D eigenvalue weighted by atomic mass is 15.1. The van der Waals surface area contributed by atoms with Crippen LogP contribution < -0.4 is 5.73 Å². The van der Waals surface area contributed by atoms with Crippen LogP contribution in [-0.2, 0) is 13.0 Å². The SMILES string of the molecule is Cc1cc(CCN)ccc1CN1CCCC1. The van der Waals surface area contributed by atoms with Gasteiger partial charge in [0.2, 0.25) is 0 Å². The van der Waals surface area contributed by atoms with Gasteiger partial charge in [-0.1, -0.05) is 18.2 Å². The zero-order valence-corrected chi connectivity index (χ0v) is 10.2. The molecule has 1 saturated heterocycles. The molecule has 2 rings (SSSR count). The van der Waals surface area contributed by atoms with Crippen LogP contribution in [0.25, 0.3) is 0 Å². The van der Waals surface area contributed by atoms with E-state index in [1.807, 2.05) is 0 Å². The highest BCUT2D eigenvalue weighted by Gasteiger charge is 2.12. The van der Waals surface area contributed by atoms with E-state index in [4.69, 9.17) is 5.73 Å². The summed E-state index contributed by atoms with van der Waals surface area (Å²) in [5, 5.41) is 0. The molecule has 1 aliphatic heterocycles. The zero-order valence-electron chi connectivity index (χ0n) is 10.2. The highest BCUT2D eigenvalue weighted by Crippen LogP contribution is 2.17. The molecular weight excluding hydrogens is 196 g/mol. The minimum absolute atomic E-state index is 0.741. The number of likely N-dealkylation sites (tertiary alicyclic amines) is 1. The second-order valence-corrected chi connectivity index (χ2v) is 4.78. The van der Waals surface area contributed by atoms with Crippen molar-refractivity contribution in [2.75, 3.05) is 19.6 Å². The molecule has 1 aromatic carbocycles. The van der Waals surface area contributed by atoms with Crippen molar-refractivity contribution in [3.63, 3.8) is 0 Å². The molecule has 88 valence electrons. The van der Waals surface area contributed by atoms with Crippen LogP contribution in [0.5, 0.6) is 0 Å². The summed E-state index contributed by atoms with van der Waals surface area (Å²) >= 11 is 0. The van der Waals surface area contributed by atoms with Gasteiger partial charge < -0.3 is 5.73 Å². The molecular formula is C14H22N2. The molecule has 1 aliphatic rings. The fourth-order valence-corrected chi connectivity index (χ4v) is 2.44. The molecule has 0 amide bonds. The lowest BCUT2D eigenvalue weighted by Gasteiger charge is -2.16. The summed E-state index contributed by atoms with van der Waals surface area (Å²) in [4.78, 5) is 2.55. The summed E-state index contributed by atoms with van der Waals surface area (Å²) in [6.45, 7) is 6.61. The molecule has 0 saturated carbocycles. The Labute approximate surface area is 98.4 Å². The van der Waals surface area contributed by atoms with Crippen LogP contribution in [0.15, 0.2) is 18.2 Å². The Bertz CT molecular complexity index is 341. The Hall–Kier alpha value is -0.860. The van der Waals surface area contributed by atoms with Crippen molar-refractivity contribution in [2.24, 2.45) is 5.73 Å². The van der Waals surface area contributed by atoms with Gasteiger partial charge in [0.05, 0.1) is 0 Å². The van der Waals surface area contributed by atoms with E-state index in [1.165, 1.54) is 42.6 Å². The van der Waals surface area contributed by atoms with Gasteiger partial charge in [-0.15, -0.1) is 0 Å². The van der Waals surface area contributed by atoms with Crippen molar-refractivity contribution >= 4 is 0 Å². The number of aryl methyl sites for hydroxylation is 1. The highest BCUT2D eigenvalue weighted by molar-refractivity contribution is 5.31. The minimum Gasteiger partial charge on any atom is -0.330 e. The van der Waals surface area contributed by atoms with Crippen molar-refractivity contribution in [3.05, 3.63) is 34.9 Å². The van der Waals surface area contributed by atoms with Crippen LogP contribution in [0.1, 0.15) is 29.5 Å². The number of nitrogens with two attached hydrogens (primary N) is 1. The van der Waals surface area contributed by atoms with Gasteiger partial charge in [0.25, 0.3) is 0 Å². The molecule has 0 aromatic heterocycles. The number of hydrogen-bond acceptors (Lipinski definition) is 2. The van der Waals surface area contributed by atoms with Crippen molar-refractivity contribution in [1.82, 2.24) is 4.90 Å². The molecule has 0 unspecified atom stereocenters. The minimum atomic E-state index is 0.741. The fourth-order valence-electron chi connectivity index (χ4n) is 2.44. The topological polar surface area (TPSA) is 29.3 Å². The average molecular weight is 218 g/mol. The molecule has 1 fully saturated rings. The second-order valence-electron chi connectivity index (χ2n) is 4.78. The van der Waals surface area contributed by atoms with E-state index < -0.39 is 0 Å². The first-order valence-corrected chi connectivity index (χ1v) is 6.30. The fraction of sp³-hybridized carbons (Fsp3) is 0.571. The molecule has 0 aliphatic carbocycles.